The lowest BCUT2D eigenvalue weighted by molar-refractivity contribution is -0.150. The highest BCUT2D eigenvalue weighted by Gasteiger charge is 2.18. The van der Waals surface area contributed by atoms with Gasteiger partial charge in [-0.05, 0) is 38.1 Å². The number of carbonyl (C=O) groups is 3. The van der Waals surface area contributed by atoms with Crippen molar-refractivity contribution in [2.24, 2.45) is 0 Å². The number of Topliss-reactive ketones (excluding diaryl/α,β-unsaturated/α-hetero) is 1. The van der Waals surface area contributed by atoms with Crippen LogP contribution in [0.4, 0.5) is 5.69 Å². The molecule has 2 aromatic rings. The fourth-order valence-corrected chi connectivity index (χ4v) is 2.71. The molecule has 0 radical (unpaired) electrons. The molecule has 130 valence electrons. The van der Waals surface area contributed by atoms with Crippen LogP contribution in [0.15, 0.2) is 59.5 Å². The van der Waals surface area contributed by atoms with Crippen molar-refractivity contribution >= 4 is 35.1 Å². The van der Waals surface area contributed by atoms with E-state index in [1.165, 1.54) is 25.6 Å². The Morgan fingerprint density at radius 1 is 1.08 bits per heavy atom. The number of benzene rings is 2. The van der Waals surface area contributed by atoms with Crippen LogP contribution in [0.2, 0.25) is 0 Å². The number of hydrogen-bond donors (Lipinski definition) is 1. The molecule has 0 fully saturated rings. The molecule has 0 aliphatic heterocycles. The summed E-state index contributed by atoms with van der Waals surface area (Å²) in [5.41, 5.74) is 0.987. The van der Waals surface area contributed by atoms with Gasteiger partial charge in [0.2, 0.25) is 0 Å². The molecule has 0 aliphatic carbocycles. The molecule has 1 N–H and O–H groups in total. The maximum absolute atomic E-state index is 12.1. The summed E-state index contributed by atoms with van der Waals surface area (Å²) in [5, 5.41) is 2.64. The van der Waals surface area contributed by atoms with Gasteiger partial charge in [0.15, 0.2) is 11.9 Å². The minimum absolute atomic E-state index is 0.0893. The van der Waals surface area contributed by atoms with Crippen LogP contribution in [-0.4, -0.2) is 29.5 Å². The van der Waals surface area contributed by atoms with Crippen molar-refractivity contribution in [2.45, 2.75) is 24.8 Å². The van der Waals surface area contributed by atoms with Gasteiger partial charge in [-0.3, -0.25) is 14.4 Å². The van der Waals surface area contributed by atoms with Crippen LogP contribution in [-0.2, 0) is 14.3 Å². The van der Waals surface area contributed by atoms with E-state index in [0.717, 1.165) is 4.90 Å². The minimum Gasteiger partial charge on any atom is -0.452 e. The average Bonchev–Trinajstić information content (AvgIpc) is 2.61. The van der Waals surface area contributed by atoms with Gasteiger partial charge in [-0.15, -0.1) is 11.8 Å². The summed E-state index contributed by atoms with van der Waals surface area (Å²) in [6.45, 7) is 2.96. The number of carbonyl (C=O) groups excluding carboxylic acids is 3. The van der Waals surface area contributed by atoms with Crippen LogP contribution < -0.4 is 5.32 Å². The number of esters is 1. The maximum Gasteiger partial charge on any atom is 0.317 e. The Hall–Kier alpha value is -2.60. The molecule has 0 spiro atoms. The number of thioether (sulfide) groups is 1. The topological polar surface area (TPSA) is 72.5 Å². The van der Waals surface area contributed by atoms with Gasteiger partial charge in [-0.1, -0.05) is 30.3 Å². The van der Waals surface area contributed by atoms with Gasteiger partial charge in [0.1, 0.15) is 0 Å². The lowest BCUT2D eigenvalue weighted by Crippen LogP contribution is -2.30. The van der Waals surface area contributed by atoms with Crippen LogP contribution in [0.25, 0.3) is 0 Å². The molecule has 0 bridgehead atoms. The van der Waals surface area contributed by atoms with E-state index in [0.29, 0.717) is 11.3 Å². The van der Waals surface area contributed by atoms with Gasteiger partial charge in [0, 0.05) is 16.1 Å². The lowest BCUT2D eigenvalue weighted by atomic mass is 10.1. The quantitative estimate of drug-likeness (QED) is 0.466. The molecule has 0 aromatic heterocycles. The van der Waals surface area contributed by atoms with Crippen LogP contribution in [0.1, 0.15) is 24.2 Å². The highest BCUT2D eigenvalue weighted by Crippen LogP contribution is 2.17. The minimum atomic E-state index is -0.926. The second-order valence-corrected chi connectivity index (χ2v) is 6.41. The third-order valence-electron chi connectivity index (χ3n) is 3.31. The van der Waals surface area contributed by atoms with Crippen molar-refractivity contribution in [2.75, 3.05) is 11.1 Å². The molecule has 0 saturated carbocycles. The first-order valence-corrected chi connectivity index (χ1v) is 8.73. The molecule has 25 heavy (non-hydrogen) atoms. The van der Waals surface area contributed by atoms with Gasteiger partial charge < -0.3 is 10.1 Å². The molecule has 6 heteroatoms. The predicted molar refractivity (Wildman–Crippen MR) is 97.8 cm³/mol. The zero-order valence-electron chi connectivity index (χ0n) is 14.0. The maximum atomic E-state index is 12.1. The van der Waals surface area contributed by atoms with E-state index >= 15 is 0 Å². The van der Waals surface area contributed by atoms with Crippen molar-refractivity contribution in [3.63, 3.8) is 0 Å². The first-order chi connectivity index (χ1) is 12.0. The largest absolute Gasteiger partial charge is 0.452 e. The van der Waals surface area contributed by atoms with Crippen molar-refractivity contribution in [1.29, 1.82) is 0 Å². The molecule has 2 rings (SSSR count). The molecular weight excluding hydrogens is 338 g/mol. The summed E-state index contributed by atoms with van der Waals surface area (Å²) < 4.78 is 5.15. The van der Waals surface area contributed by atoms with Crippen LogP contribution >= 0.6 is 11.8 Å². The summed E-state index contributed by atoms with van der Waals surface area (Å²) in [4.78, 5) is 36.3. The molecule has 1 amide bonds. The molecule has 2 aromatic carbocycles. The standard InChI is InChI=1S/C19H19NO4S/c1-13(21)15-7-6-8-16(11-15)20-19(23)14(2)24-18(22)12-25-17-9-4-3-5-10-17/h3-11,14H,12H2,1-2H3,(H,20,23). The van der Waals surface area contributed by atoms with Gasteiger partial charge in [-0.25, -0.2) is 0 Å². The highest BCUT2D eigenvalue weighted by atomic mass is 32.2. The van der Waals surface area contributed by atoms with E-state index in [-0.39, 0.29) is 11.5 Å². The second-order valence-electron chi connectivity index (χ2n) is 5.36. The normalized spacial score (nSPS) is 11.4. The Balaban J connectivity index is 1.84. The van der Waals surface area contributed by atoms with Gasteiger partial charge in [0.25, 0.3) is 5.91 Å². The molecule has 0 saturated heterocycles. The Labute approximate surface area is 150 Å². The first kappa shape index (κ1) is 18.7. The van der Waals surface area contributed by atoms with Crippen LogP contribution in [0.5, 0.6) is 0 Å². The van der Waals surface area contributed by atoms with E-state index in [2.05, 4.69) is 5.32 Å². The van der Waals surface area contributed by atoms with E-state index < -0.39 is 18.0 Å². The lowest BCUT2D eigenvalue weighted by Gasteiger charge is -2.13. The number of ketones is 1. The van der Waals surface area contributed by atoms with Crippen molar-refractivity contribution in [3.8, 4) is 0 Å². The van der Waals surface area contributed by atoms with Crippen molar-refractivity contribution in [1.82, 2.24) is 0 Å². The third-order valence-corrected chi connectivity index (χ3v) is 4.30. The molecule has 1 unspecified atom stereocenters. The molecule has 5 nitrogen and oxygen atoms in total. The SMILES string of the molecule is CC(=O)c1cccc(NC(=O)C(C)OC(=O)CSc2ccccc2)c1. The Morgan fingerprint density at radius 3 is 2.48 bits per heavy atom. The predicted octanol–water partition coefficient (Wildman–Crippen LogP) is 3.55. The van der Waals surface area contributed by atoms with E-state index in [1.54, 1.807) is 24.3 Å². The summed E-state index contributed by atoms with van der Waals surface area (Å²) in [6, 6.07) is 16.1. The number of rotatable bonds is 7. The third kappa shape index (κ3) is 6.08. The molecular formula is C19H19NO4S. The van der Waals surface area contributed by atoms with E-state index in [4.69, 9.17) is 4.74 Å². The Kier molecular flexibility index (Phi) is 6.77. The Bertz CT molecular complexity index is 761. The average molecular weight is 357 g/mol. The molecule has 1 atom stereocenters. The first-order valence-electron chi connectivity index (χ1n) is 7.75. The smallest absolute Gasteiger partial charge is 0.317 e. The summed E-state index contributed by atoms with van der Waals surface area (Å²) in [5.74, 6) is -0.872. The fraction of sp³-hybridized carbons (Fsp3) is 0.211. The number of ether oxygens (including phenoxy) is 1. The zero-order chi connectivity index (χ0) is 18.2. The summed E-state index contributed by atoms with van der Waals surface area (Å²) in [7, 11) is 0. The van der Waals surface area contributed by atoms with Crippen molar-refractivity contribution < 1.29 is 19.1 Å². The zero-order valence-corrected chi connectivity index (χ0v) is 14.8. The van der Waals surface area contributed by atoms with Gasteiger partial charge >= 0.3 is 5.97 Å². The van der Waals surface area contributed by atoms with Gasteiger partial charge in [-0.2, -0.15) is 0 Å². The van der Waals surface area contributed by atoms with E-state index in [9.17, 15) is 14.4 Å². The summed E-state index contributed by atoms with van der Waals surface area (Å²) in [6.07, 6.45) is -0.926. The fourth-order valence-electron chi connectivity index (χ4n) is 2.00. The molecule has 0 aliphatic rings. The number of anilines is 1. The van der Waals surface area contributed by atoms with Gasteiger partial charge in [0.05, 0.1) is 5.75 Å². The van der Waals surface area contributed by atoms with Crippen molar-refractivity contribution in [3.05, 3.63) is 60.2 Å². The van der Waals surface area contributed by atoms with E-state index in [1.807, 2.05) is 30.3 Å². The number of nitrogens with one attached hydrogen (secondary N) is 1. The molecule has 0 heterocycles. The van der Waals surface area contributed by atoms with Crippen LogP contribution in [0.3, 0.4) is 0 Å². The highest BCUT2D eigenvalue weighted by molar-refractivity contribution is 8.00. The Morgan fingerprint density at radius 2 is 1.80 bits per heavy atom. The second kappa shape index (κ2) is 9.03. The van der Waals surface area contributed by atoms with Crippen LogP contribution in [0, 0.1) is 0 Å². The summed E-state index contributed by atoms with van der Waals surface area (Å²) >= 11 is 1.35. The number of amides is 1. The monoisotopic (exact) mass is 357 g/mol. The number of hydrogen-bond acceptors (Lipinski definition) is 5.